The highest BCUT2D eigenvalue weighted by Crippen LogP contribution is 2.24. The van der Waals surface area contributed by atoms with Crippen molar-refractivity contribution in [2.45, 2.75) is 77.5 Å². The van der Waals surface area contributed by atoms with Crippen molar-refractivity contribution in [3.05, 3.63) is 0 Å². The van der Waals surface area contributed by atoms with Gasteiger partial charge < -0.3 is 16.0 Å². The molecule has 110 valence electrons. The predicted octanol–water partition coefficient (Wildman–Crippen LogP) is 1.02. The molecule has 5 nitrogen and oxygen atoms in total. The SMILES string of the molecule is CC(=O)N(C(C)C)C1CCC(NC(=O)C(C)N)CC1. The maximum atomic E-state index is 11.7. The van der Waals surface area contributed by atoms with Gasteiger partial charge >= 0.3 is 0 Å². The summed E-state index contributed by atoms with van der Waals surface area (Å²) < 4.78 is 0. The van der Waals surface area contributed by atoms with Gasteiger partial charge in [-0.1, -0.05) is 0 Å². The van der Waals surface area contributed by atoms with Crippen LogP contribution in [0.2, 0.25) is 0 Å². The standard InChI is InChI=1S/C14H27N3O2/c1-9(2)17(11(4)18)13-7-5-12(6-8-13)16-14(19)10(3)15/h9-10,12-13H,5-8,15H2,1-4H3,(H,16,19). The first-order valence-electron chi connectivity index (χ1n) is 7.17. The molecule has 5 heteroatoms. The lowest BCUT2D eigenvalue weighted by Gasteiger charge is -2.39. The monoisotopic (exact) mass is 269 g/mol. The zero-order valence-electron chi connectivity index (χ0n) is 12.5. The molecule has 0 radical (unpaired) electrons. The van der Waals surface area contributed by atoms with Crippen molar-refractivity contribution >= 4 is 11.8 Å². The molecule has 1 fully saturated rings. The summed E-state index contributed by atoms with van der Waals surface area (Å²) in [6, 6.07) is 0.288. The van der Waals surface area contributed by atoms with Gasteiger partial charge in [-0.15, -0.1) is 0 Å². The molecule has 2 amide bonds. The molecule has 1 rings (SSSR count). The number of rotatable bonds is 4. The second kappa shape index (κ2) is 6.89. The molecule has 0 aliphatic heterocycles. The topological polar surface area (TPSA) is 75.4 Å². The number of nitrogens with two attached hydrogens (primary N) is 1. The van der Waals surface area contributed by atoms with Crippen LogP contribution in [0, 0.1) is 0 Å². The minimum atomic E-state index is -0.456. The average Bonchev–Trinajstić information content (AvgIpc) is 2.30. The van der Waals surface area contributed by atoms with Gasteiger partial charge in [0.05, 0.1) is 6.04 Å². The summed E-state index contributed by atoms with van der Waals surface area (Å²) in [6.45, 7) is 7.41. The molecule has 0 spiro atoms. The summed E-state index contributed by atoms with van der Waals surface area (Å²) in [5.74, 6) is 0.0498. The molecular formula is C14H27N3O2. The number of hydrogen-bond acceptors (Lipinski definition) is 3. The normalized spacial score (nSPS) is 24.9. The summed E-state index contributed by atoms with van der Waals surface area (Å²) >= 11 is 0. The third-order valence-electron chi connectivity index (χ3n) is 3.77. The van der Waals surface area contributed by atoms with Crippen molar-refractivity contribution < 1.29 is 9.59 Å². The Balaban J connectivity index is 2.48. The van der Waals surface area contributed by atoms with E-state index in [-0.39, 0.29) is 23.9 Å². The van der Waals surface area contributed by atoms with Crippen LogP contribution in [0.4, 0.5) is 0 Å². The molecule has 1 aliphatic carbocycles. The van der Waals surface area contributed by atoms with Gasteiger partial charge in [0.15, 0.2) is 0 Å². The van der Waals surface area contributed by atoms with Gasteiger partial charge in [0, 0.05) is 25.0 Å². The average molecular weight is 269 g/mol. The third-order valence-corrected chi connectivity index (χ3v) is 3.77. The third kappa shape index (κ3) is 4.49. The van der Waals surface area contributed by atoms with E-state index in [4.69, 9.17) is 5.73 Å². The summed E-state index contributed by atoms with van der Waals surface area (Å²) in [5, 5.41) is 2.97. The zero-order valence-corrected chi connectivity index (χ0v) is 12.5. The Morgan fingerprint density at radius 1 is 1.16 bits per heavy atom. The molecular weight excluding hydrogens is 242 g/mol. The molecule has 1 atom stereocenters. The first-order chi connectivity index (χ1) is 8.82. The van der Waals surface area contributed by atoms with E-state index in [0.717, 1.165) is 25.7 Å². The van der Waals surface area contributed by atoms with Crippen LogP contribution in [-0.2, 0) is 9.59 Å². The first-order valence-corrected chi connectivity index (χ1v) is 7.17. The molecule has 19 heavy (non-hydrogen) atoms. The zero-order chi connectivity index (χ0) is 14.6. The Bertz CT molecular complexity index is 321. The van der Waals surface area contributed by atoms with Gasteiger partial charge in [-0.05, 0) is 46.5 Å². The summed E-state index contributed by atoms with van der Waals surface area (Å²) in [4.78, 5) is 25.2. The Labute approximate surface area is 115 Å². The van der Waals surface area contributed by atoms with Crippen LogP contribution in [0.5, 0.6) is 0 Å². The molecule has 0 aromatic rings. The molecule has 0 heterocycles. The number of nitrogens with one attached hydrogen (secondary N) is 1. The van der Waals surface area contributed by atoms with Crippen molar-refractivity contribution in [3.8, 4) is 0 Å². The van der Waals surface area contributed by atoms with Gasteiger partial charge in [0.2, 0.25) is 11.8 Å². The van der Waals surface area contributed by atoms with E-state index in [1.807, 2.05) is 18.7 Å². The van der Waals surface area contributed by atoms with Crippen LogP contribution >= 0.6 is 0 Å². The van der Waals surface area contributed by atoms with Crippen molar-refractivity contribution in [2.75, 3.05) is 0 Å². The van der Waals surface area contributed by atoms with Crippen molar-refractivity contribution in [3.63, 3.8) is 0 Å². The van der Waals surface area contributed by atoms with E-state index in [1.54, 1.807) is 13.8 Å². The highest BCUT2D eigenvalue weighted by atomic mass is 16.2. The molecule has 3 N–H and O–H groups in total. The van der Waals surface area contributed by atoms with Crippen molar-refractivity contribution in [1.82, 2.24) is 10.2 Å². The minimum absolute atomic E-state index is 0.0873. The smallest absolute Gasteiger partial charge is 0.236 e. The first kappa shape index (κ1) is 16.0. The molecule has 0 saturated heterocycles. The molecule has 0 bridgehead atoms. The van der Waals surface area contributed by atoms with E-state index >= 15 is 0 Å². The largest absolute Gasteiger partial charge is 0.352 e. The highest BCUT2D eigenvalue weighted by Gasteiger charge is 2.29. The highest BCUT2D eigenvalue weighted by molar-refractivity contribution is 5.81. The van der Waals surface area contributed by atoms with Crippen LogP contribution in [0.3, 0.4) is 0 Å². The Morgan fingerprint density at radius 3 is 2.05 bits per heavy atom. The van der Waals surface area contributed by atoms with Crippen LogP contribution in [0.25, 0.3) is 0 Å². The number of hydrogen-bond donors (Lipinski definition) is 2. The van der Waals surface area contributed by atoms with Crippen LogP contribution in [0.1, 0.15) is 53.4 Å². The molecule has 0 aromatic carbocycles. The fourth-order valence-corrected chi connectivity index (χ4v) is 2.87. The minimum Gasteiger partial charge on any atom is -0.352 e. The number of nitrogens with zero attached hydrogens (tertiary/aromatic N) is 1. The van der Waals surface area contributed by atoms with Crippen LogP contribution in [-0.4, -0.2) is 40.9 Å². The molecule has 1 unspecified atom stereocenters. The summed E-state index contributed by atoms with van der Waals surface area (Å²) in [5.41, 5.74) is 5.54. The molecule has 1 saturated carbocycles. The summed E-state index contributed by atoms with van der Waals surface area (Å²) in [6.07, 6.45) is 3.72. The van der Waals surface area contributed by atoms with Crippen LogP contribution < -0.4 is 11.1 Å². The molecule has 0 aromatic heterocycles. The Morgan fingerprint density at radius 2 is 1.68 bits per heavy atom. The van der Waals surface area contributed by atoms with Gasteiger partial charge in [0.25, 0.3) is 0 Å². The number of carbonyl (C=O) groups excluding carboxylic acids is 2. The van der Waals surface area contributed by atoms with E-state index in [0.29, 0.717) is 6.04 Å². The van der Waals surface area contributed by atoms with E-state index < -0.39 is 6.04 Å². The Hall–Kier alpha value is -1.10. The maximum Gasteiger partial charge on any atom is 0.236 e. The maximum absolute atomic E-state index is 11.7. The van der Waals surface area contributed by atoms with Gasteiger partial charge in [-0.2, -0.15) is 0 Å². The number of amides is 2. The van der Waals surface area contributed by atoms with Crippen molar-refractivity contribution in [2.24, 2.45) is 5.73 Å². The van der Waals surface area contributed by atoms with Gasteiger partial charge in [-0.25, -0.2) is 0 Å². The quantitative estimate of drug-likeness (QED) is 0.800. The lowest BCUT2D eigenvalue weighted by molar-refractivity contribution is -0.134. The van der Waals surface area contributed by atoms with Crippen molar-refractivity contribution in [1.29, 1.82) is 0 Å². The summed E-state index contributed by atoms with van der Waals surface area (Å²) in [7, 11) is 0. The van der Waals surface area contributed by atoms with E-state index in [1.165, 1.54) is 0 Å². The van der Waals surface area contributed by atoms with E-state index in [9.17, 15) is 9.59 Å². The fourth-order valence-electron chi connectivity index (χ4n) is 2.87. The second-order valence-electron chi connectivity index (χ2n) is 5.82. The Kier molecular flexibility index (Phi) is 5.79. The van der Waals surface area contributed by atoms with E-state index in [2.05, 4.69) is 5.32 Å². The lowest BCUT2D eigenvalue weighted by Crippen LogP contribution is -2.50. The van der Waals surface area contributed by atoms with Gasteiger partial charge in [0.1, 0.15) is 0 Å². The molecule has 1 aliphatic rings. The number of carbonyl (C=O) groups is 2. The van der Waals surface area contributed by atoms with Crippen LogP contribution in [0.15, 0.2) is 0 Å². The van der Waals surface area contributed by atoms with Gasteiger partial charge in [-0.3, -0.25) is 9.59 Å². The predicted molar refractivity (Wildman–Crippen MR) is 75.5 cm³/mol. The fraction of sp³-hybridized carbons (Fsp3) is 0.857. The second-order valence-corrected chi connectivity index (χ2v) is 5.82. The lowest BCUT2D eigenvalue weighted by atomic mass is 9.89.